The van der Waals surface area contributed by atoms with E-state index in [2.05, 4.69) is 20.4 Å². The number of aromatic nitrogens is 5. The van der Waals surface area contributed by atoms with Gasteiger partial charge in [-0.2, -0.15) is 9.61 Å². The first kappa shape index (κ1) is 19.2. The van der Waals surface area contributed by atoms with Crippen molar-refractivity contribution in [3.63, 3.8) is 0 Å². The molecule has 0 unspecified atom stereocenters. The molecule has 0 aliphatic carbocycles. The minimum absolute atomic E-state index is 0.329. The van der Waals surface area contributed by atoms with Crippen LogP contribution >= 0.6 is 11.6 Å². The van der Waals surface area contributed by atoms with E-state index in [0.717, 1.165) is 0 Å². The summed E-state index contributed by atoms with van der Waals surface area (Å²) in [7, 11) is 0. The third-order valence-electron chi connectivity index (χ3n) is 5.07. The van der Waals surface area contributed by atoms with Crippen LogP contribution in [0, 0.1) is 5.82 Å². The van der Waals surface area contributed by atoms with Crippen molar-refractivity contribution in [1.29, 1.82) is 0 Å². The van der Waals surface area contributed by atoms with Gasteiger partial charge in [0.2, 0.25) is 5.95 Å². The van der Waals surface area contributed by atoms with Crippen LogP contribution in [0.3, 0.4) is 0 Å². The zero-order chi connectivity index (χ0) is 21.5. The molecule has 5 aromatic rings. The fourth-order valence-corrected chi connectivity index (χ4v) is 3.92. The highest BCUT2D eigenvalue weighted by atomic mass is 35.5. The Morgan fingerprint density at radius 2 is 1.94 bits per heavy atom. The van der Waals surface area contributed by atoms with Crippen LogP contribution < -0.4 is 10.9 Å². The van der Waals surface area contributed by atoms with E-state index in [1.807, 2.05) is 19.1 Å². The van der Waals surface area contributed by atoms with Crippen molar-refractivity contribution < 1.29 is 4.39 Å². The van der Waals surface area contributed by atoms with E-state index in [0.29, 0.717) is 38.8 Å². The van der Waals surface area contributed by atoms with Gasteiger partial charge >= 0.3 is 0 Å². The summed E-state index contributed by atoms with van der Waals surface area (Å²) in [6.07, 6.45) is 3.06. The Labute approximate surface area is 180 Å². The Balaban J connectivity index is 1.72. The maximum absolute atomic E-state index is 14.0. The van der Waals surface area contributed by atoms with Gasteiger partial charge in [-0.1, -0.05) is 29.8 Å². The third kappa shape index (κ3) is 3.30. The zero-order valence-corrected chi connectivity index (χ0v) is 17.1. The highest BCUT2D eigenvalue weighted by Crippen LogP contribution is 2.27. The molecule has 0 aliphatic rings. The lowest BCUT2D eigenvalue weighted by atomic mass is 10.1. The van der Waals surface area contributed by atoms with Crippen LogP contribution in [-0.2, 0) is 0 Å². The Hall–Kier alpha value is -3.78. The van der Waals surface area contributed by atoms with E-state index in [-0.39, 0.29) is 11.6 Å². The van der Waals surface area contributed by atoms with Gasteiger partial charge in [0.1, 0.15) is 12.1 Å². The summed E-state index contributed by atoms with van der Waals surface area (Å²) in [4.78, 5) is 21.9. The Bertz CT molecular complexity index is 1490. The second kappa shape index (κ2) is 7.48. The number of nitrogens with one attached hydrogen (secondary N) is 1. The number of pyridine rings is 1. The predicted octanol–water partition coefficient (Wildman–Crippen LogP) is 4.39. The van der Waals surface area contributed by atoms with E-state index >= 15 is 0 Å². The first-order valence-electron chi connectivity index (χ1n) is 9.54. The van der Waals surface area contributed by atoms with Crippen LogP contribution in [0.1, 0.15) is 18.7 Å². The van der Waals surface area contributed by atoms with Crippen molar-refractivity contribution in [3.8, 4) is 5.69 Å². The normalized spacial score (nSPS) is 12.4. The highest BCUT2D eigenvalue weighted by molar-refractivity contribution is 6.35. The molecule has 2 aromatic carbocycles. The summed E-state index contributed by atoms with van der Waals surface area (Å²) in [5.74, 6) is 0.0243. The van der Waals surface area contributed by atoms with E-state index in [1.54, 1.807) is 41.0 Å². The second-order valence-electron chi connectivity index (χ2n) is 7.06. The lowest BCUT2D eigenvalue weighted by Crippen LogP contribution is -2.26. The molecule has 3 aromatic heterocycles. The molecule has 9 heteroatoms. The molecule has 5 rings (SSSR count). The second-order valence-corrected chi connectivity index (χ2v) is 7.47. The van der Waals surface area contributed by atoms with E-state index in [9.17, 15) is 9.18 Å². The molecule has 1 N–H and O–H groups in total. The SMILES string of the molecule is C[C@H](Nc1ncnc2ccnn12)c1cc2cccc(Cl)c2c(=O)n1-c1cccc(F)c1. The summed E-state index contributed by atoms with van der Waals surface area (Å²) in [5.41, 5.74) is 1.33. The molecule has 0 saturated heterocycles. The number of rotatable bonds is 4. The Morgan fingerprint density at radius 3 is 2.77 bits per heavy atom. The number of benzene rings is 2. The van der Waals surface area contributed by atoms with Gasteiger partial charge in [-0.05, 0) is 42.6 Å². The van der Waals surface area contributed by atoms with E-state index < -0.39 is 5.82 Å². The molecule has 154 valence electrons. The average molecular weight is 435 g/mol. The molecule has 0 saturated carbocycles. The molecular formula is C22H16ClFN6O. The number of nitrogens with zero attached hydrogens (tertiary/aromatic N) is 5. The lowest BCUT2D eigenvalue weighted by molar-refractivity contribution is 0.625. The van der Waals surface area contributed by atoms with E-state index in [1.165, 1.54) is 23.0 Å². The van der Waals surface area contributed by atoms with Crippen LogP contribution in [0.25, 0.3) is 22.1 Å². The van der Waals surface area contributed by atoms with Crippen LogP contribution in [0.4, 0.5) is 10.3 Å². The minimum Gasteiger partial charge on any atom is -0.346 e. The van der Waals surface area contributed by atoms with Crippen molar-refractivity contribution in [3.05, 3.63) is 94.0 Å². The van der Waals surface area contributed by atoms with Crippen molar-refractivity contribution in [2.24, 2.45) is 0 Å². The first-order valence-corrected chi connectivity index (χ1v) is 9.92. The molecule has 31 heavy (non-hydrogen) atoms. The molecule has 0 bridgehead atoms. The van der Waals surface area contributed by atoms with Gasteiger partial charge in [-0.15, -0.1) is 0 Å². The zero-order valence-electron chi connectivity index (χ0n) is 16.3. The molecule has 0 fully saturated rings. The van der Waals surface area contributed by atoms with Gasteiger partial charge in [0.05, 0.1) is 28.3 Å². The van der Waals surface area contributed by atoms with Crippen molar-refractivity contribution in [2.45, 2.75) is 13.0 Å². The fourth-order valence-electron chi connectivity index (χ4n) is 3.66. The summed E-state index contributed by atoms with van der Waals surface area (Å²) in [6, 6.07) is 14.4. The van der Waals surface area contributed by atoms with Crippen molar-refractivity contribution >= 4 is 34.0 Å². The number of fused-ring (bicyclic) bond motifs is 2. The molecule has 0 spiro atoms. The van der Waals surface area contributed by atoms with Gasteiger partial charge in [0, 0.05) is 11.8 Å². The molecule has 7 nitrogen and oxygen atoms in total. The molecule has 1 atom stereocenters. The minimum atomic E-state index is -0.440. The number of hydrogen-bond donors (Lipinski definition) is 1. The van der Waals surface area contributed by atoms with Crippen molar-refractivity contribution in [2.75, 3.05) is 5.32 Å². The summed E-state index contributed by atoms with van der Waals surface area (Å²) in [5, 5.41) is 8.92. The van der Waals surface area contributed by atoms with E-state index in [4.69, 9.17) is 11.6 Å². The average Bonchev–Trinajstić information content (AvgIpc) is 3.23. The molecule has 0 amide bonds. The predicted molar refractivity (Wildman–Crippen MR) is 117 cm³/mol. The largest absolute Gasteiger partial charge is 0.346 e. The molecule has 0 aliphatic heterocycles. The summed E-state index contributed by atoms with van der Waals surface area (Å²) >= 11 is 6.34. The topological polar surface area (TPSA) is 77.1 Å². The highest BCUT2D eigenvalue weighted by Gasteiger charge is 2.19. The number of hydrogen-bond acceptors (Lipinski definition) is 5. The van der Waals surface area contributed by atoms with Gasteiger partial charge < -0.3 is 5.32 Å². The van der Waals surface area contributed by atoms with Gasteiger partial charge in [-0.3, -0.25) is 9.36 Å². The monoisotopic (exact) mass is 434 g/mol. The van der Waals surface area contributed by atoms with Crippen LogP contribution in [0.5, 0.6) is 0 Å². The molecule has 3 heterocycles. The quantitative estimate of drug-likeness (QED) is 0.454. The van der Waals surface area contributed by atoms with Gasteiger partial charge in [0.15, 0.2) is 5.65 Å². The first-order chi connectivity index (χ1) is 15.0. The maximum atomic E-state index is 14.0. The molecule has 0 radical (unpaired) electrons. The number of halogens is 2. The maximum Gasteiger partial charge on any atom is 0.264 e. The van der Waals surface area contributed by atoms with Gasteiger partial charge in [-0.25, -0.2) is 14.4 Å². The Morgan fingerprint density at radius 1 is 1.10 bits per heavy atom. The molecular weight excluding hydrogens is 419 g/mol. The standard InChI is InChI=1S/C22H16ClFN6O/c1-13(28-22-26-12-25-19-8-9-27-30(19)22)18-10-14-4-2-7-17(23)20(14)21(31)29(18)16-6-3-5-15(24)11-16/h2-13H,1H3,(H,25,26,28)/t13-/m0/s1. The fraction of sp³-hybridized carbons (Fsp3) is 0.0909. The summed E-state index contributed by atoms with van der Waals surface area (Å²) in [6.45, 7) is 1.89. The lowest BCUT2D eigenvalue weighted by Gasteiger charge is -2.21. The van der Waals surface area contributed by atoms with Crippen LogP contribution in [-0.4, -0.2) is 24.1 Å². The van der Waals surface area contributed by atoms with Crippen LogP contribution in [0.15, 0.2) is 71.9 Å². The summed E-state index contributed by atoms with van der Waals surface area (Å²) < 4.78 is 17.0. The Kier molecular flexibility index (Phi) is 4.63. The smallest absolute Gasteiger partial charge is 0.264 e. The third-order valence-corrected chi connectivity index (χ3v) is 5.39. The number of anilines is 1. The van der Waals surface area contributed by atoms with Gasteiger partial charge in [0.25, 0.3) is 5.56 Å². The van der Waals surface area contributed by atoms with Crippen molar-refractivity contribution in [1.82, 2.24) is 24.1 Å². The van der Waals surface area contributed by atoms with Crippen LogP contribution in [0.2, 0.25) is 5.02 Å².